The lowest BCUT2D eigenvalue weighted by atomic mass is 9.97. The van der Waals surface area contributed by atoms with Gasteiger partial charge in [0.15, 0.2) is 0 Å². The Morgan fingerprint density at radius 3 is 1.08 bits per heavy atom. The quantitative estimate of drug-likeness (QED) is 0.169. The number of Topliss-reactive ketones (excluding diaryl/α,β-unsaturated/α-hetero) is 1. The molecule has 4 aliphatic rings. The molecule has 3 N–H and O–H groups in total. The predicted octanol–water partition coefficient (Wildman–Crippen LogP) is 0.384. The fourth-order valence-corrected chi connectivity index (χ4v) is 6.14. The summed E-state index contributed by atoms with van der Waals surface area (Å²) in [5.41, 5.74) is 0.524. The molecule has 0 aromatic rings. The summed E-state index contributed by atoms with van der Waals surface area (Å²) in [5, 5.41) is 8.28. The fourth-order valence-electron chi connectivity index (χ4n) is 6.14. The molecule has 0 spiro atoms. The van der Waals surface area contributed by atoms with Crippen molar-refractivity contribution in [1.82, 2.24) is 45.3 Å². The first-order chi connectivity index (χ1) is 30.4. The van der Waals surface area contributed by atoms with Crippen LogP contribution in [0.2, 0.25) is 0 Å². The summed E-state index contributed by atoms with van der Waals surface area (Å²) in [5.74, 6) is -3.13. The highest BCUT2D eigenvalue weighted by Gasteiger charge is 2.31. The standard InChI is InChI=1S/C18H26N4O5.C16H27N3O4.C12H18N2O2/c1-18(2,3)12-19-13(23)10-16(26)20-6-8-21(9-7-20)17(27)11-22-14(24)4-5-15(22)25;1-12(20)9-14(22)18-5-7-19(8-6-18)15(23)10-13(21)17-11-16(2,3)4;1-9-5-6-11(16)14(9)7-10(15)13-8-12(2,3)4/h4-5H,6-12H2,1-3H3,(H,19,23);5-11H2,1-4H3,(H,17,21);5-6H,1,7-8H2,2-4H3,(H,13,15). The third-order valence-electron chi connectivity index (χ3n) is 9.97. The second kappa shape index (κ2) is 24.9. The van der Waals surface area contributed by atoms with E-state index in [1.165, 1.54) is 22.8 Å². The number of piperazine rings is 2. The zero-order valence-corrected chi connectivity index (χ0v) is 40.5. The van der Waals surface area contributed by atoms with Crippen molar-refractivity contribution in [1.29, 1.82) is 0 Å². The largest absolute Gasteiger partial charge is 0.355 e. The van der Waals surface area contributed by atoms with Gasteiger partial charge in [0.2, 0.25) is 41.4 Å². The van der Waals surface area contributed by atoms with Gasteiger partial charge in [0.1, 0.15) is 31.7 Å². The number of nitrogens with zero attached hydrogens (tertiary/aromatic N) is 6. The monoisotopic (exact) mass is 926 g/mol. The number of nitrogens with one attached hydrogen (secondary N) is 3. The minimum absolute atomic E-state index is 0.0264. The molecule has 0 saturated carbocycles. The third-order valence-corrected chi connectivity index (χ3v) is 9.97. The Morgan fingerprint density at radius 1 is 0.455 bits per heavy atom. The number of hydrogen-bond donors (Lipinski definition) is 3. The SMILES string of the molecule is C=C1C=CC(=O)N1CC(=O)NCC(C)(C)C.CC(=O)CC(=O)N1CCN(C(=O)CC(=O)NCC(C)(C)C)CC1.CC(C)(C)CNC(=O)CC(=O)N1CCN(C(=O)CN2C(=O)C=CC2=O)CC1. The number of carbonyl (C=O) groups is 11. The Bertz CT molecular complexity index is 1890. The topological polar surface area (TPSA) is 243 Å². The summed E-state index contributed by atoms with van der Waals surface area (Å²) < 4.78 is 0. The van der Waals surface area contributed by atoms with E-state index >= 15 is 0 Å². The fraction of sp³-hybridized carbons (Fsp3) is 0.630. The number of carbonyl (C=O) groups excluding carboxylic acids is 11. The summed E-state index contributed by atoms with van der Waals surface area (Å²) in [7, 11) is 0. The molecule has 4 aliphatic heterocycles. The molecule has 10 amide bonds. The summed E-state index contributed by atoms with van der Waals surface area (Å²) in [6.45, 7) is 27.4. The van der Waals surface area contributed by atoms with E-state index < -0.39 is 11.8 Å². The highest BCUT2D eigenvalue weighted by atomic mass is 16.2. The molecule has 4 heterocycles. The Morgan fingerprint density at radius 2 is 0.758 bits per heavy atom. The molecule has 20 nitrogen and oxygen atoms in total. The smallest absolute Gasteiger partial charge is 0.254 e. The molecule has 0 aliphatic carbocycles. The molecule has 4 rings (SSSR count). The summed E-state index contributed by atoms with van der Waals surface area (Å²) in [6.07, 6.45) is 4.82. The molecule has 20 heteroatoms. The van der Waals surface area contributed by atoms with Crippen LogP contribution in [0.5, 0.6) is 0 Å². The summed E-state index contributed by atoms with van der Waals surface area (Å²) >= 11 is 0. The van der Waals surface area contributed by atoms with Crippen LogP contribution in [0.4, 0.5) is 0 Å². The number of rotatable bonds is 13. The Labute approximate surface area is 388 Å². The predicted molar refractivity (Wildman–Crippen MR) is 244 cm³/mol. The number of amides is 10. The molecule has 0 unspecified atom stereocenters. The van der Waals surface area contributed by atoms with Gasteiger partial charge in [-0.2, -0.15) is 0 Å². The Balaban J connectivity index is 0.000000351. The molecule has 0 bridgehead atoms. The summed E-state index contributed by atoms with van der Waals surface area (Å²) in [4.78, 5) is 137. The zero-order chi connectivity index (χ0) is 50.2. The molecule has 0 radical (unpaired) electrons. The molecule has 0 aromatic carbocycles. The van der Waals surface area contributed by atoms with Crippen molar-refractivity contribution in [3.05, 3.63) is 36.6 Å². The highest BCUT2D eigenvalue weighted by Crippen LogP contribution is 2.15. The molecule has 66 heavy (non-hydrogen) atoms. The minimum Gasteiger partial charge on any atom is -0.355 e. The second-order valence-electron chi connectivity index (χ2n) is 20.1. The van der Waals surface area contributed by atoms with E-state index in [0.717, 1.165) is 17.1 Å². The van der Waals surface area contributed by atoms with Crippen LogP contribution in [-0.4, -0.2) is 179 Å². The van der Waals surface area contributed by atoms with Crippen LogP contribution in [-0.2, 0) is 52.7 Å². The number of imide groups is 1. The van der Waals surface area contributed by atoms with Crippen molar-refractivity contribution < 1.29 is 52.7 Å². The van der Waals surface area contributed by atoms with E-state index in [4.69, 9.17) is 0 Å². The van der Waals surface area contributed by atoms with Crippen LogP contribution in [0, 0.1) is 16.2 Å². The van der Waals surface area contributed by atoms with Crippen LogP contribution in [0.1, 0.15) is 88.5 Å². The van der Waals surface area contributed by atoms with E-state index in [-0.39, 0.29) is 102 Å². The lowest BCUT2D eigenvalue weighted by Crippen LogP contribution is -2.53. The first kappa shape index (κ1) is 55.9. The van der Waals surface area contributed by atoms with Gasteiger partial charge >= 0.3 is 0 Å². The van der Waals surface area contributed by atoms with E-state index in [2.05, 4.69) is 22.5 Å². The lowest BCUT2D eigenvalue weighted by Gasteiger charge is -2.35. The second-order valence-corrected chi connectivity index (χ2v) is 20.1. The van der Waals surface area contributed by atoms with Gasteiger partial charge in [-0.3, -0.25) is 57.6 Å². The van der Waals surface area contributed by atoms with Crippen LogP contribution in [0.3, 0.4) is 0 Å². The van der Waals surface area contributed by atoms with Gasteiger partial charge < -0.3 is 40.4 Å². The van der Waals surface area contributed by atoms with Gasteiger partial charge in [-0.15, -0.1) is 0 Å². The number of hydrogen-bond acceptors (Lipinski definition) is 11. The average Bonchev–Trinajstić information content (AvgIpc) is 3.71. The maximum absolute atomic E-state index is 12.3. The number of allylic oxidation sites excluding steroid dienone is 1. The lowest BCUT2D eigenvalue weighted by molar-refractivity contribution is -0.146. The van der Waals surface area contributed by atoms with E-state index in [1.807, 2.05) is 62.3 Å². The molecular formula is C46H71N9O11. The maximum Gasteiger partial charge on any atom is 0.254 e. The first-order valence-electron chi connectivity index (χ1n) is 22.1. The Kier molecular flexibility index (Phi) is 21.1. The first-order valence-corrected chi connectivity index (χ1v) is 22.1. The highest BCUT2D eigenvalue weighted by molar-refractivity contribution is 6.14. The zero-order valence-electron chi connectivity index (χ0n) is 40.5. The average molecular weight is 926 g/mol. The molecule has 366 valence electrons. The van der Waals surface area contributed by atoms with E-state index in [9.17, 15) is 52.7 Å². The van der Waals surface area contributed by atoms with Crippen molar-refractivity contribution in [3.63, 3.8) is 0 Å². The van der Waals surface area contributed by atoms with Crippen molar-refractivity contribution in [2.45, 2.75) is 88.5 Å². The summed E-state index contributed by atoms with van der Waals surface area (Å²) in [6, 6.07) is 0. The molecular weight excluding hydrogens is 855 g/mol. The molecule has 2 saturated heterocycles. The van der Waals surface area contributed by atoms with Crippen LogP contribution in [0.15, 0.2) is 36.6 Å². The van der Waals surface area contributed by atoms with Gasteiger partial charge in [0, 0.05) is 95.9 Å². The normalized spacial score (nSPS) is 16.3. The molecule has 0 aromatic heterocycles. The third kappa shape index (κ3) is 21.2. The van der Waals surface area contributed by atoms with Gasteiger partial charge in [0.25, 0.3) is 17.7 Å². The van der Waals surface area contributed by atoms with Gasteiger partial charge in [-0.05, 0) is 29.2 Å². The van der Waals surface area contributed by atoms with Crippen molar-refractivity contribution >= 4 is 64.9 Å². The molecule has 0 atom stereocenters. The van der Waals surface area contributed by atoms with E-state index in [0.29, 0.717) is 77.7 Å². The van der Waals surface area contributed by atoms with E-state index in [1.54, 1.807) is 20.8 Å². The van der Waals surface area contributed by atoms with Gasteiger partial charge in [-0.25, -0.2) is 0 Å². The van der Waals surface area contributed by atoms with Crippen LogP contribution in [0.25, 0.3) is 0 Å². The van der Waals surface area contributed by atoms with Crippen molar-refractivity contribution in [2.24, 2.45) is 16.2 Å². The number of ketones is 1. The van der Waals surface area contributed by atoms with Crippen LogP contribution < -0.4 is 16.0 Å². The Hall–Kier alpha value is -6.21. The van der Waals surface area contributed by atoms with Crippen molar-refractivity contribution in [3.8, 4) is 0 Å². The van der Waals surface area contributed by atoms with Gasteiger partial charge in [0.05, 0.1) is 6.42 Å². The van der Waals surface area contributed by atoms with Gasteiger partial charge in [-0.1, -0.05) is 68.9 Å². The van der Waals surface area contributed by atoms with Crippen LogP contribution >= 0.6 is 0 Å². The molecule has 2 fully saturated rings. The minimum atomic E-state index is -0.497. The maximum atomic E-state index is 12.3. The van der Waals surface area contributed by atoms with Crippen molar-refractivity contribution in [2.75, 3.05) is 85.1 Å².